The van der Waals surface area contributed by atoms with Crippen LogP contribution in [0.25, 0.3) is 0 Å². The highest BCUT2D eigenvalue weighted by Crippen LogP contribution is 2.35. The smallest absolute Gasteiger partial charge is 0.0838 e. The zero-order valence-electron chi connectivity index (χ0n) is 9.55. The first-order valence-corrected chi connectivity index (χ1v) is 7.32. The van der Waals surface area contributed by atoms with E-state index in [1.807, 2.05) is 37.3 Å². The van der Waals surface area contributed by atoms with Crippen LogP contribution in [0.5, 0.6) is 0 Å². The lowest BCUT2D eigenvalue weighted by Crippen LogP contribution is -1.96. The van der Waals surface area contributed by atoms with Crippen molar-refractivity contribution in [1.82, 2.24) is 0 Å². The van der Waals surface area contributed by atoms with E-state index in [4.69, 9.17) is 34.8 Å². The molecule has 2 rings (SSSR count). The number of halogens is 4. The average molecular weight is 364 g/mol. The summed E-state index contributed by atoms with van der Waals surface area (Å²) in [5, 5.41) is 0.833. The van der Waals surface area contributed by atoms with Crippen molar-refractivity contribution < 1.29 is 0 Å². The van der Waals surface area contributed by atoms with Gasteiger partial charge < -0.3 is 0 Å². The summed E-state index contributed by atoms with van der Waals surface area (Å²) in [6.45, 7) is 2.03. The molecule has 0 saturated carbocycles. The lowest BCUT2D eigenvalue weighted by Gasteiger charge is -2.14. The molecule has 0 fully saturated rings. The molecule has 94 valence electrons. The van der Waals surface area contributed by atoms with Crippen LogP contribution < -0.4 is 0 Å². The van der Waals surface area contributed by atoms with Crippen molar-refractivity contribution in [2.24, 2.45) is 0 Å². The zero-order valence-corrected chi connectivity index (χ0v) is 13.4. The van der Waals surface area contributed by atoms with Crippen LogP contribution in [0.4, 0.5) is 0 Å². The molecule has 4 heteroatoms. The highest BCUT2D eigenvalue weighted by molar-refractivity contribution is 9.10. The molecule has 2 aromatic carbocycles. The molecule has 0 radical (unpaired) electrons. The third kappa shape index (κ3) is 3.03. The molecule has 0 amide bonds. The summed E-state index contributed by atoms with van der Waals surface area (Å²) in [7, 11) is 0. The van der Waals surface area contributed by atoms with Gasteiger partial charge in [-0.05, 0) is 47.9 Å². The van der Waals surface area contributed by atoms with E-state index < -0.39 is 0 Å². The quantitative estimate of drug-likeness (QED) is 0.541. The van der Waals surface area contributed by atoms with Gasteiger partial charge in [0.05, 0.1) is 15.4 Å². The zero-order chi connectivity index (χ0) is 13.3. The van der Waals surface area contributed by atoms with Crippen LogP contribution in [-0.4, -0.2) is 0 Å². The van der Waals surface area contributed by atoms with Crippen LogP contribution in [0.1, 0.15) is 22.1 Å². The summed E-state index contributed by atoms with van der Waals surface area (Å²) in [5.41, 5.74) is 3.14. The van der Waals surface area contributed by atoms with Crippen LogP contribution >= 0.6 is 50.7 Å². The molecule has 0 heterocycles. The third-order valence-electron chi connectivity index (χ3n) is 2.74. The van der Waals surface area contributed by atoms with Crippen LogP contribution in [0.2, 0.25) is 10.0 Å². The Hall–Kier alpha value is -0.210. The molecule has 0 bridgehead atoms. The fourth-order valence-corrected chi connectivity index (χ4v) is 2.94. The lowest BCUT2D eigenvalue weighted by atomic mass is 10.0. The van der Waals surface area contributed by atoms with Gasteiger partial charge in [-0.2, -0.15) is 0 Å². The Morgan fingerprint density at radius 2 is 1.72 bits per heavy atom. The van der Waals surface area contributed by atoms with Crippen LogP contribution in [0.15, 0.2) is 40.9 Å². The van der Waals surface area contributed by atoms with E-state index >= 15 is 0 Å². The molecule has 1 atom stereocenters. The number of aryl methyl sites for hydroxylation is 1. The molecule has 1 unspecified atom stereocenters. The Bertz CT molecular complexity index is 581. The van der Waals surface area contributed by atoms with E-state index in [0.29, 0.717) is 10.0 Å². The molecule has 0 spiro atoms. The minimum atomic E-state index is -0.229. The lowest BCUT2D eigenvalue weighted by molar-refractivity contribution is 1.11. The van der Waals surface area contributed by atoms with Gasteiger partial charge in [0, 0.05) is 4.47 Å². The van der Waals surface area contributed by atoms with Gasteiger partial charge in [0.15, 0.2) is 0 Å². The second-order valence-corrected chi connectivity index (χ2v) is 6.20. The minimum Gasteiger partial charge on any atom is -0.113 e. The first-order chi connectivity index (χ1) is 8.49. The summed E-state index contributed by atoms with van der Waals surface area (Å²) in [4.78, 5) is 0. The summed E-state index contributed by atoms with van der Waals surface area (Å²) in [6, 6.07) is 11.5. The van der Waals surface area contributed by atoms with Gasteiger partial charge >= 0.3 is 0 Å². The molecule has 0 N–H and O–H groups in total. The summed E-state index contributed by atoms with van der Waals surface area (Å²) in [6.07, 6.45) is 0. The maximum atomic E-state index is 6.50. The SMILES string of the molecule is Cc1cc(Br)ccc1C(Cl)c1ccc(Cl)c(Cl)c1. The topological polar surface area (TPSA) is 0 Å². The third-order valence-corrected chi connectivity index (χ3v) is 4.46. The maximum absolute atomic E-state index is 6.50. The standard InChI is InChI=1S/C14H10BrCl3/c1-8-6-10(15)3-4-11(8)14(18)9-2-5-12(16)13(17)7-9/h2-7,14H,1H3. The Kier molecular flexibility index (Phi) is 4.60. The largest absolute Gasteiger partial charge is 0.113 e. The van der Waals surface area contributed by atoms with E-state index in [9.17, 15) is 0 Å². The van der Waals surface area contributed by atoms with Crippen molar-refractivity contribution in [3.63, 3.8) is 0 Å². The van der Waals surface area contributed by atoms with Crippen LogP contribution in [-0.2, 0) is 0 Å². The second-order valence-electron chi connectivity index (χ2n) is 4.04. The number of alkyl halides is 1. The van der Waals surface area contributed by atoms with E-state index in [0.717, 1.165) is 21.2 Å². The predicted molar refractivity (Wildman–Crippen MR) is 83.0 cm³/mol. The Balaban J connectivity index is 2.41. The molecule has 0 aromatic heterocycles. The normalized spacial score (nSPS) is 12.5. The van der Waals surface area contributed by atoms with Crippen molar-refractivity contribution in [3.05, 3.63) is 67.6 Å². The predicted octanol–water partition coefficient (Wildman–Crippen LogP) is 6.39. The summed E-state index contributed by atoms with van der Waals surface area (Å²) in [5.74, 6) is 0. The minimum absolute atomic E-state index is 0.229. The van der Waals surface area contributed by atoms with Crippen molar-refractivity contribution in [2.75, 3.05) is 0 Å². The molecular weight excluding hydrogens is 354 g/mol. The van der Waals surface area contributed by atoms with Crippen LogP contribution in [0.3, 0.4) is 0 Å². The van der Waals surface area contributed by atoms with Crippen molar-refractivity contribution in [3.8, 4) is 0 Å². The summed E-state index contributed by atoms with van der Waals surface area (Å²) >= 11 is 21.9. The van der Waals surface area contributed by atoms with Crippen LogP contribution in [0, 0.1) is 6.92 Å². The molecule has 0 aliphatic carbocycles. The van der Waals surface area contributed by atoms with Gasteiger partial charge in [-0.1, -0.05) is 51.3 Å². The number of benzene rings is 2. The van der Waals surface area contributed by atoms with Gasteiger partial charge in [0.1, 0.15) is 0 Å². The van der Waals surface area contributed by atoms with E-state index in [2.05, 4.69) is 15.9 Å². The monoisotopic (exact) mass is 362 g/mol. The average Bonchev–Trinajstić information content (AvgIpc) is 2.32. The van der Waals surface area contributed by atoms with E-state index in [-0.39, 0.29) is 5.38 Å². The van der Waals surface area contributed by atoms with E-state index in [1.54, 1.807) is 6.07 Å². The fourth-order valence-electron chi connectivity index (χ4n) is 1.77. The first kappa shape index (κ1) is 14.2. The fraction of sp³-hybridized carbons (Fsp3) is 0.143. The second kappa shape index (κ2) is 5.83. The summed E-state index contributed by atoms with van der Waals surface area (Å²) < 4.78 is 1.04. The Morgan fingerprint density at radius 1 is 1.00 bits per heavy atom. The molecule has 0 aliphatic heterocycles. The first-order valence-electron chi connectivity index (χ1n) is 5.34. The van der Waals surface area contributed by atoms with Gasteiger partial charge in [-0.15, -0.1) is 11.6 Å². The molecule has 18 heavy (non-hydrogen) atoms. The van der Waals surface area contributed by atoms with Gasteiger partial charge in [0.2, 0.25) is 0 Å². The number of hydrogen-bond acceptors (Lipinski definition) is 0. The number of hydrogen-bond donors (Lipinski definition) is 0. The highest BCUT2D eigenvalue weighted by atomic mass is 79.9. The van der Waals surface area contributed by atoms with Crippen molar-refractivity contribution in [2.45, 2.75) is 12.3 Å². The molecule has 0 nitrogen and oxygen atoms in total. The van der Waals surface area contributed by atoms with Crippen molar-refractivity contribution in [1.29, 1.82) is 0 Å². The molecule has 0 saturated heterocycles. The number of rotatable bonds is 2. The van der Waals surface area contributed by atoms with Crippen molar-refractivity contribution >= 4 is 50.7 Å². The highest BCUT2D eigenvalue weighted by Gasteiger charge is 2.14. The van der Waals surface area contributed by atoms with Gasteiger partial charge in [-0.3, -0.25) is 0 Å². The molecular formula is C14H10BrCl3. The molecule has 0 aliphatic rings. The Labute approximate surface area is 130 Å². The van der Waals surface area contributed by atoms with Gasteiger partial charge in [0.25, 0.3) is 0 Å². The molecule has 2 aromatic rings. The van der Waals surface area contributed by atoms with E-state index in [1.165, 1.54) is 0 Å². The maximum Gasteiger partial charge on any atom is 0.0838 e. The van der Waals surface area contributed by atoms with Gasteiger partial charge in [-0.25, -0.2) is 0 Å². The Morgan fingerprint density at radius 3 is 2.33 bits per heavy atom.